The smallest absolute Gasteiger partial charge is 0.189 e. The van der Waals surface area contributed by atoms with Crippen LogP contribution in [0.2, 0.25) is 10.0 Å². The van der Waals surface area contributed by atoms with Crippen LogP contribution in [0.15, 0.2) is 67.2 Å². The Labute approximate surface area is 161 Å². The lowest BCUT2D eigenvalue weighted by molar-refractivity contribution is 0.851. The summed E-state index contributed by atoms with van der Waals surface area (Å²) in [6.07, 6.45) is 0. The van der Waals surface area contributed by atoms with Gasteiger partial charge >= 0.3 is 0 Å². The maximum absolute atomic E-state index is 6.12. The minimum absolute atomic E-state index is 0.367. The number of hydrogen-bond acceptors (Lipinski definition) is 2. The molecule has 0 amide bonds. The Morgan fingerprint density at radius 2 is 1.64 bits per heavy atom. The highest BCUT2D eigenvalue weighted by atomic mass is 35.5. The van der Waals surface area contributed by atoms with Gasteiger partial charge in [-0.05, 0) is 52.8 Å². The molecule has 3 rings (SSSR count). The molecule has 0 unspecified atom stereocenters. The number of hydrazine groups is 1. The number of fused-ring (bicyclic) bond motifs is 1. The van der Waals surface area contributed by atoms with Gasteiger partial charge in [-0.15, -0.1) is 0 Å². The van der Waals surface area contributed by atoms with Crippen molar-refractivity contribution in [1.82, 2.24) is 10.9 Å². The molecule has 0 spiro atoms. The van der Waals surface area contributed by atoms with Gasteiger partial charge in [-0.1, -0.05) is 66.2 Å². The van der Waals surface area contributed by atoms with Crippen LogP contribution < -0.4 is 16.2 Å². The van der Waals surface area contributed by atoms with Crippen molar-refractivity contribution in [1.29, 1.82) is 0 Å². The summed E-state index contributed by atoms with van der Waals surface area (Å²) >= 11 is 17.3. The fraction of sp³-hybridized carbons (Fsp3) is 0. The first-order chi connectivity index (χ1) is 12.0. The molecule has 0 aliphatic heterocycles. The Morgan fingerprint density at radius 1 is 0.880 bits per heavy atom. The number of rotatable bonds is 4. The molecular weight excluding hydrogens is 373 g/mol. The molecular formula is C19H15Cl2N3S. The third kappa shape index (κ3) is 4.42. The molecule has 0 aliphatic carbocycles. The molecule has 0 atom stereocenters. The third-order valence-electron chi connectivity index (χ3n) is 3.60. The lowest BCUT2D eigenvalue weighted by Crippen LogP contribution is -2.38. The van der Waals surface area contributed by atoms with Gasteiger partial charge in [0.15, 0.2) is 5.11 Å². The zero-order chi connectivity index (χ0) is 17.8. The van der Waals surface area contributed by atoms with Gasteiger partial charge in [0.25, 0.3) is 0 Å². The van der Waals surface area contributed by atoms with Gasteiger partial charge in [0.2, 0.25) is 0 Å². The van der Waals surface area contributed by atoms with Crippen LogP contribution in [0.1, 0.15) is 5.56 Å². The molecule has 0 radical (unpaired) electrons. The Hall–Kier alpha value is -2.27. The molecule has 0 saturated heterocycles. The minimum atomic E-state index is 0.367. The highest BCUT2D eigenvalue weighted by Gasteiger charge is 2.05. The summed E-state index contributed by atoms with van der Waals surface area (Å²) < 4.78 is 0. The Balaban J connectivity index is 1.61. The summed E-state index contributed by atoms with van der Waals surface area (Å²) in [6.45, 7) is 4.04. The van der Waals surface area contributed by atoms with Gasteiger partial charge in [0.1, 0.15) is 0 Å². The van der Waals surface area contributed by atoms with E-state index in [1.807, 2.05) is 18.2 Å². The summed E-state index contributed by atoms with van der Waals surface area (Å²) in [5.41, 5.74) is 8.24. The lowest BCUT2D eigenvalue weighted by atomic mass is 10.1. The fourth-order valence-corrected chi connectivity index (χ4v) is 2.94. The van der Waals surface area contributed by atoms with E-state index in [4.69, 9.17) is 35.4 Å². The van der Waals surface area contributed by atoms with E-state index < -0.39 is 0 Å². The first kappa shape index (κ1) is 17.5. The van der Waals surface area contributed by atoms with Crippen LogP contribution in [-0.2, 0) is 0 Å². The molecule has 126 valence electrons. The Bertz CT molecular complexity index is 956. The summed E-state index contributed by atoms with van der Waals surface area (Å²) in [5, 5.41) is 6.76. The maximum Gasteiger partial charge on any atom is 0.189 e. The van der Waals surface area contributed by atoms with Crippen molar-refractivity contribution in [3.8, 4) is 0 Å². The van der Waals surface area contributed by atoms with Crippen molar-refractivity contribution in [2.75, 3.05) is 5.32 Å². The van der Waals surface area contributed by atoms with Gasteiger partial charge in [-0.2, -0.15) is 0 Å². The second-order valence-corrected chi connectivity index (χ2v) is 6.62. The molecule has 0 bridgehead atoms. The molecule has 6 heteroatoms. The van der Waals surface area contributed by atoms with Crippen molar-refractivity contribution >= 4 is 62.7 Å². The molecule has 3 N–H and O–H groups in total. The largest absolute Gasteiger partial charge is 0.330 e. The van der Waals surface area contributed by atoms with E-state index in [1.54, 1.807) is 18.2 Å². The van der Waals surface area contributed by atoms with Gasteiger partial charge < -0.3 is 5.32 Å². The Morgan fingerprint density at radius 3 is 2.40 bits per heavy atom. The van der Waals surface area contributed by atoms with Gasteiger partial charge in [-0.25, -0.2) is 0 Å². The van der Waals surface area contributed by atoms with Crippen molar-refractivity contribution in [3.63, 3.8) is 0 Å². The quantitative estimate of drug-likeness (QED) is 0.401. The van der Waals surface area contributed by atoms with Crippen LogP contribution in [0.25, 0.3) is 16.5 Å². The van der Waals surface area contributed by atoms with Gasteiger partial charge in [-0.3, -0.25) is 10.9 Å². The van der Waals surface area contributed by atoms with E-state index in [-0.39, 0.29) is 0 Å². The second kappa shape index (κ2) is 7.74. The third-order valence-corrected chi connectivity index (χ3v) is 4.36. The Kier molecular flexibility index (Phi) is 5.43. The van der Waals surface area contributed by atoms with E-state index >= 15 is 0 Å². The molecule has 25 heavy (non-hydrogen) atoms. The van der Waals surface area contributed by atoms with Crippen molar-refractivity contribution < 1.29 is 0 Å². The van der Waals surface area contributed by atoms with Crippen LogP contribution in [0.3, 0.4) is 0 Å². The maximum atomic E-state index is 6.12. The predicted molar refractivity (Wildman–Crippen MR) is 112 cm³/mol. The highest BCUT2D eigenvalue weighted by molar-refractivity contribution is 7.80. The number of halogens is 2. The average Bonchev–Trinajstić information content (AvgIpc) is 2.61. The molecule has 3 aromatic rings. The molecule has 0 aromatic heterocycles. The van der Waals surface area contributed by atoms with Crippen LogP contribution in [0, 0.1) is 0 Å². The summed E-state index contributed by atoms with van der Waals surface area (Å²) in [6, 6.07) is 19.4. The number of anilines is 1. The topological polar surface area (TPSA) is 36.1 Å². The first-order valence-electron chi connectivity index (χ1n) is 7.49. The van der Waals surface area contributed by atoms with E-state index in [1.165, 1.54) is 5.39 Å². The lowest BCUT2D eigenvalue weighted by Gasteiger charge is -2.15. The summed E-state index contributed by atoms with van der Waals surface area (Å²) in [4.78, 5) is 0. The van der Waals surface area contributed by atoms with Crippen molar-refractivity contribution in [2.24, 2.45) is 0 Å². The van der Waals surface area contributed by atoms with Crippen LogP contribution >= 0.6 is 35.4 Å². The highest BCUT2D eigenvalue weighted by Crippen LogP contribution is 2.25. The second-order valence-electron chi connectivity index (χ2n) is 5.37. The van der Waals surface area contributed by atoms with E-state index in [0.29, 0.717) is 26.5 Å². The van der Waals surface area contributed by atoms with Crippen LogP contribution in [0.4, 0.5) is 5.69 Å². The summed E-state index contributed by atoms with van der Waals surface area (Å²) in [5.74, 6) is 0. The molecule has 0 fully saturated rings. The van der Waals surface area contributed by atoms with Crippen molar-refractivity contribution in [2.45, 2.75) is 0 Å². The van der Waals surface area contributed by atoms with Crippen molar-refractivity contribution in [3.05, 3.63) is 82.9 Å². The zero-order valence-electron chi connectivity index (χ0n) is 13.1. The first-order valence-corrected chi connectivity index (χ1v) is 8.65. The van der Waals surface area contributed by atoms with Gasteiger partial charge in [0.05, 0.1) is 16.4 Å². The number of thiocarbonyl (C=S) groups is 1. The summed E-state index contributed by atoms with van der Waals surface area (Å²) in [7, 11) is 0. The minimum Gasteiger partial charge on any atom is -0.330 e. The predicted octanol–water partition coefficient (Wildman–Crippen LogP) is 5.61. The van der Waals surface area contributed by atoms with E-state index in [0.717, 1.165) is 10.9 Å². The van der Waals surface area contributed by atoms with Crippen LogP contribution in [0.5, 0.6) is 0 Å². The van der Waals surface area contributed by atoms with Gasteiger partial charge in [0, 0.05) is 5.02 Å². The SMILES string of the molecule is C=C(NNC(=S)Nc1ccc(Cl)cc1Cl)c1ccc2ccccc2c1. The molecule has 0 saturated carbocycles. The average molecular weight is 388 g/mol. The fourth-order valence-electron chi connectivity index (χ4n) is 2.33. The van der Waals surface area contributed by atoms with E-state index in [2.05, 4.69) is 47.0 Å². The monoisotopic (exact) mass is 387 g/mol. The molecule has 3 aromatic carbocycles. The molecule has 0 heterocycles. The number of benzene rings is 3. The zero-order valence-corrected chi connectivity index (χ0v) is 15.5. The number of hydrogen-bond donors (Lipinski definition) is 3. The standard InChI is InChI=1S/C19H15Cl2N3S/c1-12(14-7-6-13-4-2-3-5-15(13)10-14)23-24-19(25)22-18-9-8-16(20)11-17(18)21/h2-11,23H,1H2,(H2,22,24,25). The molecule has 3 nitrogen and oxygen atoms in total. The molecule has 0 aliphatic rings. The van der Waals surface area contributed by atoms with E-state index in [9.17, 15) is 0 Å². The number of nitrogens with one attached hydrogen (secondary N) is 3. The van der Waals surface area contributed by atoms with Crippen LogP contribution in [-0.4, -0.2) is 5.11 Å². The normalized spacial score (nSPS) is 10.3.